The number of hydrogen-bond acceptors (Lipinski definition) is 3. The lowest BCUT2D eigenvalue weighted by Crippen LogP contribution is -1.92. The van der Waals surface area contributed by atoms with Crippen LogP contribution in [-0.2, 0) is 0 Å². The van der Waals surface area contributed by atoms with E-state index in [1.165, 1.54) is 29.0 Å². The van der Waals surface area contributed by atoms with Crippen LogP contribution in [-0.4, -0.2) is 4.98 Å². The van der Waals surface area contributed by atoms with Crippen LogP contribution in [0, 0.1) is 12.7 Å². The normalized spacial score (nSPS) is 10.9. The van der Waals surface area contributed by atoms with E-state index in [9.17, 15) is 4.39 Å². The van der Waals surface area contributed by atoms with Gasteiger partial charge in [0.2, 0.25) is 0 Å². The maximum Gasteiger partial charge on any atom is 0.188 e. The zero-order chi connectivity index (χ0) is 13.4. The number of aromatic nitrogens is 1. The van der Waals surface area contributed by atoms with Gasteiger partial charge >= 0.3 is 0 Å². The van der Waals surface area contributed by atoms with Crippen LogP contribution >= 0.6 is 22.9 Å². The lowest BCUT2D eigenvalue weighted by atomic mass is 10.2. The molecule has 0 aliphatic rings. The second-order valence-electron chi connectivity index (χ2n) is 4.24. The van der Waals surface area contributed by atoms with Crippen molar-refractivity contribution in [1.82, 2.24) is 4.98 Å². The molecule has 3 aromatic rings. The SMILES string of the molecule is Cc1ccc2nc(Nc3cc(Cl)ccc3F)sc2c1. The molecular weight excluding hydrogens is 283 g/mol. The second-order valence-corrected chi connectivity index (χ2v) is 5.71. The second kappa shape index (κ2) is 4.79. The predicted octanol–water partition coefficient (Wildman–Crippen LogP) is 5.14. The van der Waals surface area contributed by atoms with E-state index in [0.717, 1.165) is 10.2 Å². The first kappa shape index (κ1) is 12.4. The van der Waals surface area contributed by atoms with Gasteiger partial charge in [-0.1, -0.05) is 29.0 Å². The summed E-state index contributed by atoms with van der Waals surface area (Å²) in [5.74, 6) is -0.347. The van der Waals surface area contributed by atoms with Crippen molar-refractivity contribution in [3.8, 4) is 0 Å². The number of halogens is 2. The van der Waals surface area contributed by atoms with Crippen molar-refractivity contribution in [2.24, 2.45) is 0 Å². The highest BCUT2D eigenvalue weighted by Gasteiger charge is 2.07. The average molecular weight is 293 g/mol. The third-order valence-electron chi connectivity index (χ3n) is 2.71. The highest BCUT2D eigenvalue weighted by molar-refractivity contribution is 7.22. The topological polar surface area (TPSA) is 24.9 Å². The van der Waals surface area contributed by atoms with Gasteiger partial charge in [-0.15, -0.1) is 0 Å². The number of aryl methyl sites for hydroxylation is 1. The van der Waals surface area contributed by atoms with Crippen molar-refractivity contribution in [3.63, 3.8) is 0 Å². The average Bonchev–Trinajstić information content (AvgIpc) is 2.75. The molecule has 1 aromatic heterocycles. The number of rotatable bonds is 2. The molecule has 0 bridgehead atoms. The summed E-state index contributed by atoms with van der Waals surface area (Å²) in [7, 11) is 0. The van der Waals surface area contributed by atoms with E-state index in [1.807, 2.05) is 19.1 Å². The van der Waals surface area contributed by atoms with Crippen LogP contribution in [0.15, 0.2) is 36.4 Å². The van der Waals surface area contributed by atoms with Gasteiger partial charge < -0.3 is 5.32 Å². The number of nitrogens with zero attached hydrogens (tertiary/aromatic N) is 1. The molecule has 0 radical (unpaired) electrons. The Morgan fingerprint density at radius 3 is 2.89 bits per heavy atom. The van der Waals surface area contributed by atoms with Gasteiger partial charge in [-0.3, -0.25) is 0 Å². The lowest BCUT2D eigenvalue weighted by Gasteiger charge is -2.03. The first-order chi connectivity index (χ1) is 9.11. The maximum absolute atomic E-state index is 13.6. The third-order valence-corrected chi connectivity index (χ3v) is 3.88. The van der Waals surface area contributed by atoms with Crippen LogP contribution in [0.3, 0.4) is 0 Å². The minimum absolute atomic E-state index is 0.336. The molecule has 0 aliphatic carbocycles. The Morgan fingerprint density at radius 1 is 1.21 bits per heavy atom. The molecule has 0 spiro atoms. The van der Waals surface area contributed by atoms with Crippen molar-refractivity contribution in [2.45, 2.75) is 6.92 Å². The molecule has 3 rings (SSSR count). The Bertz CT molecular complexity index is 754. The predicted molar refractivity (Wildman–Crippen MR) is 79.0 cm³/mol. The van der Waals surface area contributed by atoms with Crippen LogP contribution in [0.2, 0.25) is 5.02 Å². The summed E-state index contributed by atoms with van der Waals surface area (Å²) in [6, 6.07) is 10.4. The van der Waals surface area contributed by atoms with Crippen LogP contribution in [0.4, 0.5) is 15.2 Å². The van der Waals surface area contributed by atoms with Gasteiger partial charge in [-0.2, -0.15) is 0 Å². The number of fused-ring (bicyclic) bond motifs is 1. The minimum Gasteiger partial charge on any atom is -0.329 e. The number of anilines is 2. The van der Waals surface area contributed by atoms with Crippen LogP contribution in [0.5, 0.6) is 0 Å². The molecule has 0 fully saturated rings. The molecule has 1 N–H and O–H groups in total. The van der Waals surface area contributed by atoms with Crippen molar-refractivity contribution in [3.05, 3.63) is 52.8 Å². The summed E-state index contributed by atoms with van der Waals surface area (Å²) >= 11 is 7.35. The molecular formula is C14H10ClFN2S. The molecule has 19 heavy (non-hydrogen) atoms. The fourth-order valence-corrected chi connectivity index (χ4v) is 2.94. The monoisotopic (exact) mass is 292 g/mol. The quantitative estimate of drug-likeness (QED) is 0.707. The van der Waals surface area contributed by atoms with Gasteiger partial charge in [0.25, 0.3) is 0 Å². The smallest absolute Gasteiger partial charge is 0.188 e. The van der Waals surface area contributed by atoms with Crippen LogP contribution < -0.4 is 5.32 Å². The Kier molecular flexibility index (Phi) is 3.12. The molecule has 1 heterocycles. The van der Waals surface area contributed by atoms with E-state index in [0.29, 0.717) is 15.8 Å². The number of benzene rings is 2. The Labute approximate surface area is 118 Å². The first-order valence-corrected chi connectivity index (χ1v) is 6.90. The Morgan fingerprint density at radius 2 is 2.05 bits per heavy atom. The van der Waals surface area contributed by atoms with Gasteiger partial charge in [0.1, 0.15) is 5.82 Å². The molecule has 2 nitrogen and oxygen atoms in total. The van der Waals surface area contributed by atoms with E-state index in [4.69, 9.17) is 11.6 Å². The number of hydrogen-bond donors (Lipinski definition) is 1. The minimum atomic E-state index is -0.347. The van der Waals surface area contributed by atoms with E-state index >= 15 is 0 Å². The Balaban J connectivity index is 1.98. The molecule has 0 unspecified atom stereocenters. The lowest BCUT2D eigenvalue weighted by molar-refractivity contribution is 0.632. The van der Waals surface area contributed by atoms with Crippen molar-refractivity contribution in [1.29, 1.82) is 0 Å². The van der Waals surface area contributed by atoms with Crippen molar-refractivity contribution < 1.29 is 4.39 Å². The van der Waals surface area contributed by atoms with Crippen LogP contribution in [0.1, 0.15) is 5.56 Å². The van der Waals surface area contributed by atoms with Gasteiger partial charge in [0.15, 0.2) is 5.13 Å². The zero-order valence-electron chi connectivity index (χ0n) is 10.1. The summed E-state index contributed by atoms with van der Waals surface area (Å²) in [5, 5.41) is 4.11. The van der Waals surface area contributed by atoms with Gasteiger partial charge in [-0.25, -0.2) is 9.37 Å². The maximum atomic E-state index is 13.6. The molecule has 0 saturated heterocycles. The molecule has 2 aromatic carbocycles. The van der Waals surface area contributed by atoms with E-state index < -0.39 is 0 Å². The molecule has 0 amide bonds. The summed E-state index contributed by atoms with van der Waals surface area (Å²) in [6.07, 6.45) is 0. The van der Waals surface area contributed by atoms with Crippen LogP contribution in [0.25, 0.3) is 10.2 Å². The fraction of sp³-hybridized carbons (Fsp3) is 0.0714. The van der Waals surface area contributed by atoms with E-state index in [-0.39, 0.29) is 5.82 Å². The fourth-order valence-electron chi connectivity index (χ4n) is 1.79. The van der Waals surface area contributed by atoms with E-state index in [2.05, 4.69) is 16.4 Å². The highest BCUT2D eigenvalue weighted by Crippen LogP contribution is 2.30. The Hall–Kier alpha value is -1.65. The summed E-state index contributed by atoms with van der Waals surface area (Å²) in [6.45, 7) is 2.03. The van der Waals surface area contributed by atoms with Crippen molar-refractivity contribution >= 4 is 44.0 Å². The molecule has 96 valence electrons. The van der Waals surface area contributed by atoms with E-state index in [1.54, 1.807) is 6.07 Å². The molecule has 0 atom stereocenters. The number of thiazole rings is 1. The summed E-state index contributed by atoms with van der Waals surface area (Å²) in [5.41, 5.74) is 2.42. The zero-order valence-corrected chi connectivity index (χ0v) is 11.6. The molecule has 5 heteroatoms. The molecule has 0 saturated carbocycles. The van der Waals surface area contributed by atoms with Gasteiger partial charge in [0, 0.05) is 5.02 Å². The first-order valence-electron chi connectivity index (χ1n) is 5.71. The largest absolute Gasteiger partial charge is 0.329 e. The molecule has 0 aliphatic heterocycles. The highest BCUT2D eigenvalue weighted by atomic mass is 35.5. The van der Waals surface area contributed by atoms with Crippen molar-refractivity contribution in [2.75, 3.05) is 5.32 Å². The third kappa shape index (κ3) is 2.55. The standard InChI is InChI=1S/C14H10ClFN2S/c1-8-2-5-11-13(6-8)19-14(17-11)18-12-7-9(15)3-4-10(12)16/h2-7H,1H3,(H,17,18). The summed E-state index contributed by atoms with van der Waals surface area (Å²) in [4.78, 5) is 4.42. The summed E-state index contributed by atoms with van der Waals surface area (Å²) < 4.78 is 14.7. The van der Waals surface area contributed by atoms with Gasteiger partial charge in [0.05, 0.1) is 15.9 Å². The number of nitrogens with one attached hydrogen (secondary N) is 1. The van der Waals surface area contributed by atoms with Gasteiger partial charge in [-0.05, 0) is 42.8 Å².